The molecule has 1 N–H and O–H groups in total. The standard InChI is InChI=1S/C25H24N4O4S/c1-4-33-25(31)21-20(18-10-12-19(32-3)13-11-18)15-34-24(21)26-23(30)22-16(2)29(28-27-22)14-17-8-6-5-7-9-17/h5-13,15H,4,14H2,1-3H3,(H,26,30). The molecule has 0 aliphatic rings. The number of esters is 1. The summed E-state index contributed by atoms with van der Waals surface area (Å²) in [5, 5.41) is 13.3. The quantitative estimate of drug-likeness (QED) is 0.367. The highest BCUT2D eigenvalue weighted by Gasteiger charge is 2.25. The predicted molar refractivity (Wildman–Crippen MR) is 131 cm³/mol. The summed E-state index contributed by atoms with van der Waals surface area (Å²) in [7, 11) is 1.59. The van der Waals surface area contributed by atoms with Crippen LogP contribution in [0.4, 0.5) is 5.00 Å². The van der Waals surface area contributed by atoms with E-state index in [2.05, 4.69) is 15.6 Å². The fourth-order valence-electron chi connectivity index (χ4n) is 3.48. The maximum atomic E-state index is 13.1. The Morgan fingerprint density at radius 1 is 1.09 bits per heavy atom. The minimum absolute atomic E-state index is 0.199. The van der Waals surface area contributed by atoms with Gasteiger partial charge in [-0.25, -0.2) is 9.48 Å². The number of ether oxygens (including phenoxy) is 2. The lowest BCUT2D eigenvalue weighted by atomic mass is 10.0. The van der Waals surface area contributed by atoms with E-state index in [0.717, 1.165) is 11.1 Å². The van der Waals surface area contributed by atoms with E-state index < -0.39 is 11.9 Å². The van der Waals surface area contributed by atoms with Gasteiger partial charge in [0, 0.05) is 10.9 Å². The Labute approximate surface area is 201 Å². The SMILES string of the molecule is CCOC(=O)c1c(-c2ccc(OC)cc2)csc1NC(=O)c1nnn(Cc2ccccc2)c1C. The van der Waals surface area contributed by atoms with E-state index in [0.29, 0.717) is 34.1 Å². The summed E-state index contributed by atoms with van der Waals surface area (Å²) in [5.74, 6) is -0.237. The maximum absolute atomic E-state index is 13.1. The number of carbonyl (C=O) groups excluding carboxylic acids is 2. The summed E-state index contributed by atoms with van der Waals surface area (Å²) in [6.45, 7) is 4.25. The number of hydrogen-bond acceptors (Lipinski definition) is 7. The first-order chi connectivity index (χ1) is 16.5. The van der Waals surface area contributed by atoms with E-state index in [-0.39, 0.29) is 12.3 Å². The molecule has 0 fully saturated rings. The molecule has 8 nitrogen and oxygen atoms in total. The average molecular weight is 477 g/mol. The molecule has 0 aliphatic carbocycles. The van der Waals surface area contributed by atoms with Crippen molar-refractivity contribution in [2.45, 2.75) is 20.4 Å². The van der Waals surface area contributed by atoms with E-state index in [1.807, 2.05) is 60.0 Å². The zero-order valence-corrected chi connectivity index (χ0v) is 19.9. The molecular formula is C25H24N4O4S. The first-order valence-electron chi connectivity index (χ1n) is 10.7. The van der Waals surface area contributed by atoms with Crippen LogP contribution >= 0.6 is 11.3 Å². The number of methoxy groups -OCH3 is 1. The van der Waals surface area contributed by atoms with Crippen LogP contribution in [0.3, 0.4) is 0 Å². The van der Waals surface area contributed by atoms with Crippen molar-refractivity contribution in [2.75, 3.05) is 19.0 Å². The van der Waals surface area contributed by atoms with Crippen molar-refractivity contribution in [1.29, 1.82) is 0 Å². The number of benzene rings is 2. The summed E-state index contributed by atoms with van der Waals surface area (Å²) in [5.41, 5.74) is 3.67. The number of carbonyl (C=O) groups is 2. The summed E-state index contributed by atoms with van der Waals surface area (Å²) in [6, 6.07) is 17.1. The smallest absolute Gasteiger partial charge is 0.341 e. The van der Waals surface area contributed by atoms with E-state index in [1.54, 1.807) is 25.6 Å². The van der Waals surface area contributed by atoms with Crippen molar-refractivity contribution in [3.63, 3.8) is 0 Å². The third kappa shape index (κ3) is 4.84. The van der Waals surface area contributed by atoms with Gasteiger partial charge in [0.2, 0.25) is 0 Å². The molecule has 4 rings (SSSR count). The molecule has 2 aromatic heterocycles. The van der Waals surface area contributed by atoms with Crippen molar-refractivity contribution < 1.29 is 19.1 Å². The molecule has 0 aliphatic heterocycles. The molecule has 0 atom stereocenters. The Morgan fingerprint density at radius 2 is 1.82 bits per heavy atom. The van der Waals surface area contributed by atoms with Gasteiger partial charge in [-0.2, -0.15) is 0 Å². The highest BCUT2D eigenvalue weighted by atomic mass is 32.1. The molecule has 34 heavy (non-hydrogen) atoms. The number of nitrogens with zero attached hydrogens (tertiary/aromatic N) is 3. The van der Waals surface area contributed by atoms with Gasteiger partial charge in [-0.1, -0.05) is 47.7 Å². The second kappa shape index (κ2) is 10.3. The molecule has 4 aromatic rings. The van der Waals surface area contributed by atoms with Crippen molar-refractivity contribution in [3.8, 4) is 16.9 Å². The van der Waals surface area contributed by atoms with Crippen LogP contribution in [0.5, 0.6) is 5.75 Å². The normalized spacial score (nSPS) is 10.7. The molecule has 0 unspecified atom stereocenters. The Bertz CT molecular complexity index is 1300. The Hall–Kier alpha value is -3.98. The van der Waals surface area contributed by atoms with E-state index in [1.165, 1.54) is 11.3 Å². The number of rotatable bonds is 8. The van der Waals surface area contributed by atoms with Crippen LogP contribution in [0, 0.1) is 6.92 Å². The first-order valence-corrected chi connectivity index (χ1v) is 11.6. The molecule has 0 bridgehead atoms. The van der Waals surface area contributed by atoms with Crippen LogP contribution in [0.1, 0.15) is 39.0 Å². The van der Waals surface area contributed by atoms with Gasteiger partial charge in [-0.05, 0) is 37.1 Å². The van der Waals surface area contributed by atoms with Gasteiger partial charge in [0.05, 0.1) is 26.0 Å². The summed E-state index contributed by atoms with van der Waals surface area (Å²) in [6.07, 6.45) is 0. The molecule has 1 amide bonds. The lowest BCUT2D eigenvalue weighted by Gasteiger charge is -2.09. The van der Waals surface area contributed by atoms with Crippen molar-refractivity contribution in [1.82, 2.24) is 15.0 Å². The van der Waals surface area contributed by atoms with Crippen molar-refractivity contribution in [3.05, 3.63) is 82.5 Å². The number of nitrogens with one attached hydrogen (secondary N) is 1. The van der Waals surface area contributed by atoms with E-state index >= 15 is 0 Å². The molecule has 0 radical (unpaired) electrons. The van der Waals surface area contributed by atoms with Crippen LogP contribution in [0.25, 0.3) is 11.1 Å². The van der Waals surface area contributed by atoms with Crippen LogP contribution in [0.15, 0.2) is 60.0 Å². The molecule has 2 heterocycles. The topological polar surface area (TPSA) is 95.3 Å². The summed E-state index contributed by atoms with van der Waals surface area (Å²) >= 11 is 1.25. The molecule has 2 aromatic carbocycles. The lowest BCUT2D eigenvalue weighted by Crippen LogP contribution is -2.16. The van der Waals surface area contributed by atoms with Crippen LogP contribution in [0.2, 0.25) is 0 Å². The summed E-state index contributed by atoms with van der Waals surface area (Å²) < 4.78 is 12.2. The molecular weight excluding hydrogens is 452 g/mol. The average Bonchev–Trinajstić information content (AvgIpc) is 3.43. The lowest BCUT2D eigenvalue weighted by molar-refractivity contribution is 0.0529. The minimum atomic E-state index is -0.505. The third-order valence-corrected chi connectivity index (χ3v) is 6.17. The highest BCUT2D eigenvalue weighted by molar-refractivity contribution is 7.15. The third-order valence-electron chi connectivity index (χ3n) is 5.27. The predicted octanol–water partition coefficient (Wildman–Crippen LogP) is 4.80. The molecule has 174 valence electrons. The van der Waals surface area contributed by atoms with Gasteiger partial charge in [0.25, 0.3) is 5.91 Å². The van der Waals surface area contributed by atoms with Crippen LogP contribution in [-0.4, -0.2) is 40.6 Å². The first kappa shape index (κ1) is 23.2. The Balaban J connectivity index is 1.61. The fraction of sp³-hybridized carbons (Fsp3) is 0.200. The second-order valence-electron chi connectivity index (χ2n) is 7.42. The largest absolute Gasteiger partial charge is 0.497 e. The molecule has 0 spiro atoms. The zero-order valence-electron chi connectivity index (χ0n) is 19.1. The minimum Gasteiger partial charge on any atom is -0.497 e. The monoisotopic (exact) mass is 476 g/mol. The number of anilines is 1. The van der Waals surface area contributed by atoms with Gasteiger partial charge in [0.15, 0.2) is 5.69 Å². The maximum Gasteiger partial charge on any atom is 0.341 e. The van der Waals surface area contributed by atoms with E-state index in [4.69, 9.17) is 9.47 Å². The van der Waals surface area contributed by atoms with Gasteiger partial charge in [0.1, 0.15) is 16.3 Å². The van der Waals surface area contributed by atoms with Crippen LogP contribution < -0.4 is 10.1 Å². The van der Waals surface area contributed by atoms with Crippen LogP contribution in [-0.2, 0) is 11.3 Å². The zero-order chi connectivity index (χ0) is 24.1. The Morgan fingerprint density at radius 3 is 2.50 bits per heavy atom. The fourth-order valence-corrected chi connectivity index (χ4v) is 4.43. The summed E-state index contributed by atoms with van der Waals surface area (Å²) in [4.78, 5) is 25.9. The molecule has 9 heteroatoms. The number of thiophene rings is 1. The van der Waals surface area contributed by atoms with Crippen molar-refractivity contribution >= 4 is 28.2 Å². The molecule has 0 saturated carbocycles. The number of hydrogen-bond donors (Lipinski definition) is 1. The highest BCUT2D eigenvalue weighted by Crippen LogP contribution is 2.37. The van der Waals surface area contributed by atoms with Gasteiger partial charge in [-0.15, -0.1) is 16.4 Å². The number of amides is 1. The molecule has 0 saturated heterocycles. The van der Waals surface area contributed by atoms with E-state index in [9.17, 15) is 9.59 Å². The second-order valence-corrected chi connectivity index (χ2v) is 8.30. The van der Waals surface area contributed by atoms with Gasteiger partial charge < -0.3 is 14.8 Å². The van der Waals surface area contributed by atoms with Gasteiger partial charge >= 0.3 is 5.97 Å². The van der Waals surface area contributed by atoms with Crippen molar-refractivity contribution in [2.24, 2.45) is 0 Å². The number of aromatic nitrogens is 3. The Kier molecular flexibility index (Phi) is 7.03. The van der Waals surface area contributed by atoms with Gasteiger partial charge in [-0.3, -0.25) is 4.79 Å².